The van der Waals surface area contributed by atoms with Crippen LogP contribution in [0.1, 0.15) is 19.8 Å². The van der Waals surface area contributed by atoms with Gasteiger partial charge < -0.3 is 9.84 Å². The number of fused-ring (bicyclic) bond motifs is 1. The van der Waals surface area contributed by atoms with Gasteiger partial charge in [0.25, 0.3) is 0 Å². The molecule has 0 aromatic heterocycles. The maximum absolute atomic E-state index is 7.00. The molecule has 2 fully saturated rings. The van der Waals surface area contributed by atoms with Crippen LogP contribution in [0.15, 0.2) is 0 Å². The number of ether oxygens (including phenoxy) is 1. The first-order valence-corrected chi connectivity index (χ1v) is 3.46. The van der Waals surface area contributed by atoms with Crippen molar-refractivity contribution >= 4 is 0 Å². The molecule has 0 aromatic rings. The molecule has 2 aliphatic rings. The molecule has 0 bridgehead atoms. The molecule has 2 unspecified atom stereocenters. The van der Waals surface area contributed by atoms with E-state index in [1.165, 1.54) is 12.8 Å². The van der Waals surface area contributed by atoms with Crippen molar-refractivity contribution in [1.29, 1.82) is 0 Å². The largest absolute Gasteiger partial charge is 0.400 e. The summed E-state index contributed by atoms with van der Waals surface area (Å²) in [6, 6.07) is 0. The molecule has 1 saturated carbocycles. The van der Waals surface area contributed by atoms with Gasteiger partial charge in [0.1, 0.15) is 0 Å². The Labute approximate surface area is 55.8 Å². The summed E-state index contributed by atoms with van der Waals surface area (Å²) < 4.78 is 5.22. The Kier molecular flexibility index (Phi) is 2.09. The molecule has 1 aliphatic carbocycles. The third kappa shape index (κ3) is 1.43. The summed E-state index contributed by atoms with van der Waals surface area (Å²) in [5, 5.41) is 7.00. The Morgan fingerprint density at radius 3 is 1.89 bits per heavy atom. The van der Waals surface area contributed by atoms with Crippen molar-refractivity contribution < 1.29 is 9.84 Å². The van der Waals surface area contributed by atoms with E-state index in [1.54, 1.807) is 0 Å². The molecule has 1 aliphatic heterocycles. The zero-order valence-corrected chi connectivity index (χ0v) is 6.00. The van der Waals surface area contributed by atoms with E-state index in [1.807, 2.05) is 0 Å². The van der Waals surface area contributed by atoms with Gasteiger partial charge in [0.15, 0.2) is 0 Å². The molecule has 2 nitrogen and oxygen atoms in total. The lowest BCUT2D eigenvalue weighted by atomic mass is 10.1. The summed E-state index contributed by atoms with van der Waals surface area (Å²) in [5.41, 5.74) is 0. The van der Waals surface area contributed by atoms with Crippen LogP contribution in [0, 0.1) is 5.92 Å². The SMILES string of the molecule is CC1CC2OC2C1.CO. The van der Waals surface area contributed by atoms with Gasteiger partial charge >= 0.3 is 0 Å². The number of aliphatic hydroxyl groups is 1. The number of aliphatic hydroxyl groups excluding tert-OH is 1. The third-order valence-electron chi connectivity index (χ3n) is 1.96. The van der Waals surface area contributed by atoms with Crippen LogP contribution in [-0.2, 0) is 4.74 Å². The lowest BCUT2D eigenvalue weighted by molar-refractivity contribution is 0.283. The molecule has 1 N–H and O–H groups in total. The van der Waals surface area contributed by atoms with Crippen LogP contribution < -0.4 is 0 Å². The average Bonchev–Trinajstić information content (AvgIpc) is 2.46. The topological polar surface area (TPSA) is 32.8 Å². The van der Waals surface area contributed by atoms with E-state index in [0.29, 0.717) is 12.2 Å². The zero-order chi connectivity index (χ0) is 6.85. The predicted octanol–water partition coefficient (Wildman–Crippen LogP) is 0.792. The maximum atomic E-state index is 7.00. The molecule has 0 aromatic carbocycles. The fourth-order valence-electron chi connectivity index (χ4n) is 1.48. The Morgan fingerprint density at radius 1 is 1.22 bits per heavy atom. The summed E-state index contributed by atoms with van der Waals surface area (Å²) in [7, 11) is 1.00. The fourth-order valence-corrected chi connectivity index (χ4v) is 1.48. The van der Waals surface area contributed by atoms with E-state index >= 15 is 0 Å². The lowest BCUT2D eigenvalue weighted by Crippen LogP contribution is -1.90. The molecule has 0 radical (unpaired) electrons. The summed E-state index contributed by atoms with van der Waals surface area (Å²) in [6.07, 6.45) is 4.03. The van der Waals surface area contributed by atoms with Crippen molar-refractivity contribution in [3.63, 3.8) is 0 Å². The minimum Gasteiger partial charge on any atom is -0.400 e. The van der Waals surface area contributed by atoms with E-state index in [2.05, 4.69) is 6.92 Å². The van der Waals surface area contributed by atoms with E-state index in [-0.39, 0.29) is 0 Å². The highest BCUT2D eigenvalue weighted by Crippen LogP contribution is 2.41. The van der Waals surface area contributed by atoms with Gasteiger partial charge in [-0.2, -0.15) is 0 Å². The minimum absolute atomic E-state index is 0.690. The first kappa shape index (κ1) is 7.03. The quantitative estimate of drug-likeness (QED) is 0.492. The molecule has 0 spiro atoms. The number of rotatable bonds is 0. The summed E-state index contributed by atoms with van der Waals surface area (Å²) >= 11 is 0. The average molecular weight is 130 g/mol. The molecule has 0 amide bonds. The summed E-state index contributed by atoms with van der Waals surface area (Å²) in [4.78, 5) is 0. The highest BCUT2D eigenvalue weighted by molar-refractivity contribution is 4.93. The van der Waals surface area contributed by atoms with Crippen LogP contribution in [0.5, 0.6) is 0 Å². The third-order valence-corrected chi connectivity index (χ3v) is 1.96. The van der Waals surface area contributed by atoms with Crippen molar-refractivity contribution in [3.8, 4) is 0 Å². The minimum atomic E-state index is 0.690. The second kappa shape index (κ2) is 2.67. The second-order valence-corrected chi connectivity index (χ2v) is 2.79. The zero-order valence-electron chi connectivity index (χ0n) is 6.00. The lowest BCUT2D eigenvalue weighted by Gasteiger charge is -1.98. The van der Waals surface area contributed by atoms with Crippen LogP contribution in [0.25, 0.3) is 0 Å². The normalized spacial score (nSPS) is 45.0. The summed E-state index contributed by atoms with van der Waals surface area (Å²) in [6.45, 7) is 2.30. The molecular weight excluding hydrogens is 116 g/mol. The van der Waals surface area contributed by atoms with Gasteiger partial charge in [-0.05, 0) is 18.8 Å². The number of hydrogen-bond acceptors (Lipinski definition) is 2. The number of epoxide rings is 1. The summed E-state index contributed by atoms with van der Waals surface area (Å²) in [5.74, 6) is 0.948. The van der Waals surface area contributed by atoms with Gasteiger partial charge in [-0.25, -0.2) is 0 Å². The Balaban J connectivity index is 0.000000186. The smallest absolute Gasteiger partial charge is 0.0844 e. The second-order valence-electron chi connectivity index (χ2n) is 2.79. The highest BCUT2D eigenvalue weighted by Gasteiger charge is 2.45. The van der Waals surface area contributed by atoms with Crippen LogP contribution in [0.2, 0.25) is 0 Å². The van der Waals surface area contributed by atoms with Crippen molar-refractivity contribution in [2.45, 2.75) is 32.0 Å². The monoisotopic (exact) mass is 130 g/mol. The highest BCUT2D eigenvalue weighted by atomic mass is 16.6. The van der Waals surface area contributed by atoms with Crippen molar-refractivity contribution in [1.82, 2.24) is 0 Å². The van der Waals surface area contributed by atoms with Crippen LogP contribution in [0.3, 0.4) is 0 Å². The van der Waals surface area contributed by atoms with Gasteiger partial charge in [0, 0.05) is 7.11 Å². The van der Waals surface area contributed by atoms with Crippen LogP contribution in [0.4, 0.5) is 0 Å². The van der Waals surface area contributed by atoms with Gasteiger partial charge in [0.2, 0.25) is 0 Å². The van der Waals surface area contributed by atoms with Crippen LogP contribution in [-0.4, -0.2) is 24.4 Å². The first-order valence-electron chi connectivity index (χ1n) is 3.46. The molecule has 1 saturated heterocycles. The fraction of sp³-hybridized carbons (Fsp3) is 1.00. The van der Waals surface area contributed by atoms with Gasteiger partial charge in [-0.15, -0.1) is 0 Å². The van der Waals surface area contributed by atoms with Crippen molar-refractivity contribution in [2.75, 3.05) is 7.11 Å². The molecule has 2 atom stereocenters. The van der Waals surface area contributed by atoms with E-state index in [9.17, 15) is 0 Å². The first-order chi connectivity index (χ1) is 4.36. The molecule has 2 rings (SSSR count). The predicted molar refractivity (Wildman–Crippen MR) is 35.2 cm³/mol. The molecular formula is C7H14O2. The Morgan fingerprint density at radius 2 is 1.67 bits per heavy atom. The molecule has 2 heteroatoms. The van der Waals surface area contributed by atoms with Gasteiger partial charge in [-0.3, -0.25) is 0 Å². The van der Waals surface area contributed by atoms with Gasteiger partial charge in [0.05, 0.1) is 12.2 Å². The number of hydrogen-bond donors (Lipinski definition) is 1. The van der Waals surface area contributed by atoms with E-state index < -0.39 is 0 Å². The maximum Gasteiger partial charge on any atom is 0.0844 e. The standard InChI is InChI=1S/C6H10O.CH4O/c1-4-2-5-6(3-4)7-5;1-2/h4-6H,2-3H2,1H3;2H,1H3. The van der Waals surface area contributed by atoms with Gasteiger partial charge in [-0.1, -0.05) is 6.92 Å². The molecule has 54 valence electrons. The van der Waals surface area contributed by atoms with Crippen molar-refractivity contribution in [3.05, 3.63) is 0 Å². The Bertz CT molecular complexity index is 82.9. The molecule has 9 heavy (non-hydrogen) atoms. The molecule has 1 heterocycles. The van der Waals surface area contributed by atoms with Crippen molar-refractivity contribution in [2.24, 2.45) is 5.92 Å². The van der Waals surface area contributed by atoms with Crippen LogP contribution >= 0.6 is 0 Å². The van der Waals surface area contributed by atoms with E-state index in [4.69, 9.17) is 9.84 Å². The Hall–Kier alpha value is -0.0800. The van der Waals surface area contributed by atoms with E-state index in [0.717, 1.165) is 13.0 Å².